The Bertz CT molecular complexity index is 770. The van der Waals surface area contributed by atoms with E-state index in [1.807, 2.05) is 36.4 Å². The van der Waals surface area contributed by atoms with Gasteiger partial charge in [-0.3, -0.25) is 0 Å². The molecule has 1 N–H and O–H groups in total. The molecular formula is C20H19Cl4NO3. The van der Waals surface area contributed by atoms with E-state index in [1.165, 1.54) is 6.08 Å². The molecule has 0 saturated heterocycles. The van der Waals surface area contributed by atoms with E-state index in [0.29, 0.717) is 28.2 Å². The second kappa shape index (κ2) is 12.7. The molecule has 0 saturated carbocycles. The first-order valence-corrected chi connectivity index (χ1v) is 9.95. The molecule has 28 heavy (non-hydrogen) atoms. The van der Waals surface area contributed by atoms with Gasteiger partial charge in [0.15, 0.2) is 11.5 Å². The summed E-state index contributed by atoms with van der Waals surface area (Å²) in [5, 5.41) is 0.744. The zero-order valence-electron chi connectivity index (χ0n) is 14.8. The van der Waals surface area contributed by atoms with Crippen LogP contribution in [0.4, 0.5) is 0 Å². The third kappa shape index (κ3) is 8.53. The van der Waals surface area contributed by atoms with Crippen LogP contribution in [0.15, 0.2) is 65.3 Å². The van der Waals surface area contributed by atoms with Crippen molar-refractivity contribution < 1.29 is 14.3 Å². The van der Waals surface area contributed by atoms with Crippen LogP contribution in [0, 0.1) is 0 Å². The van der Waals surface area contributed by atoms with Crippen molar-refractivity contribution in [2.45, 2.75) is 12.8 Å². The summed E-state index contributed by atoms with van der Waals surface area (Å²) in [4.78, 5) is 5.33. The monoisotopic (exact) mass is 461 g/mol. The van der Waals surface area contributed by atoms with Crippen LogP contribution in [0.5, 0.6) is 17.2 Å². The number of hydroxylamine groups is 1. The van der Waals surface area contributed by atoms with Gasteiger partial charge >= 0.3 is 0 Å². The molecule has 150 valence electrons. The maximum atomic E-state index is 6.22. The summed E-state index contributed by atoms with van der Waals surface area (Å²) in [5.41, 5.74) is 2.76. The van der Waals surface area contributed by atoms with Gasteiger partial charge in [0.1, 0.15) is 16.8 Å². The summed E-state index contributed by atoms with van der Waals surface area (Å²) < 4.78 is 11.3. The van der Waals surface area contributed by atoms with Gasteiger partial charge in [-0.25, -0.2) is 5.48 Å². The Balaban J connectivity index is 1.69. The van der Waals surface area contributed by atoms with Gasteiger partial charge in [0, 0.05) is 18.3 Å². The zero-order chi connectivity index (χ0) is 20.2. The number of unbranched alkanes of at least 4 members (excludes halogenated alkanes) is 1. The van der Waals surface area contributed by atoms with E-state index < -0.39 is 0 Å². The Labute approximate surface area is 184 Å². The summed E-state index contributed by atoms with van der Waals surface area (Å²) in [6.45, 7) is 0.678. The molecule has 0 aromatic heterocycles. The molecule has 0 bridgehead atoms. The van der Waals surface area contributed by atoms with Crippen molar-refractivity contribution in [3.05, 3.63) is 75.4 Å². The van der Waals surface area contributed by atoms with Crippen molar-refractivity contribution in [2.24, 2.45) is 0 Å². The summed E-state index contributed by atoms with van der Waals surface area (Å²) >= 11 is 23.5. The highest BCUT2D eigenvalue weighted by molar-refractivity contribution is 6.55. The molecule has 0 atom stereocenters. The number of rotatable bonds is 11. The van der Waals surface area contributed by atoms with Gasteiger partial charge < -0.3 is 14.3 Å². The van der Waals surface area contributed by atoms with Crippen molar-refractivity contribution in [1.29, 1.82) is 0 Å². The van der Waals surface area contributed by atoms with Crippen LogP contribution >= 0.6 is 46.4 Å². The molecule has 0 aliphatic rings. The first-order chi connectivity index (χ1) is 13.6. The number of hydrogen-bond acceptors (Lipinski definition) is 4. The molecule has 0 spiro atoms. The van der Waals surface area contributed by atoms with E-state index in [4.69, 9.17) is 60.7 Å². The molecule has 0 heterocycles. The van der Waals surface area contributed by atoms with Crippen LogP contribution in [0.1, 0.15) is 12.8 Å². The fraction of sp³-hybridized carbons (Fsp3) is 0.200. The average molecular weight is 463 g/mol. The molecule has 2 rings (SSSR count). The van der Waals surface area contributed by atoms with E-state index in [-0.39, 0.29) is 11.1 Å². The Morgan fingerprint density at radius 2 is 1.68 bits per heavy atom. The molecule has 0 unspecified atom stereocenters. The molecule has 2 aromatic carbocycles. The summed E-state index contributed by atoms with van der Waals surface area (Å²) in [6.07, 6.45) is 6.78. The van der Waals surface area contributed by atoms with Crippen molar-refractivity contribution in [3.63, 3.8) is 0 Å². The van der Waals surface area contributed by atoms with Gasteiger partial charge in [-0.05, 0) is 31.1 Å². The fourth-order valence-corrected chi connectivity index (χ4v) is 2.76. The molecule has 0 aliphatic heterocycles. The largest absolute Gasteiger partial charge is 0.490 e. The van der Waals surface area contributed by atoms with Crippen molar-refractivity contribution in [3.8, 4) is 17.2 Å². The molecule has 0 aliphatic carbocycles. The average Bonchev–Trinajstić information content (AvgIpc) is 2.66. The quantitative estimate of drug-likeness (QED) is 0.289. The second-order valence-corrected chi connectivity index (χ2v) is 7.27. The molecule has 8 heteroatoms. The van der Waals surface area contributed by atoms with Crippen LogP contribution in [0.3, 0.4) is 0 Å². The van der Waals surface area contributed by atoms with Gasteiger partial charge in [0.2, 0.25) is 0 Å². The highest BCUT2D eigenvalue weighted by Crippen LogP contribution is 2.37. The normalized spacial score (nSPS) is 10.6. The lowest BCUT2D eigenvalue weighted by Crippen LogP contribution is -2.09. The Morgan fingerprint density at radius 1 is 0.964 bits per heavy atom. The lowest BCUT2D eigenvalue weighted by molar-refractivity contribution is 0.242. The lowest BCUT2D eigenvalue weighted by Gasteiger charge is -2.12. The van der Waals surface area contributed by atoms with Crippen molar-refractivity contribution >= 4 is 46.4 Å². The predicted molar refractivity (Wildman–Crippen MR) is 116 cm³/mol. The van der Waals surface area contributed by atoms with Crippen molar-refractivity contribution in [2.75, 3.05) is 13.2 Å². The maximum Gasteiger partial charge on any atom is 0.156 e. The number of benzene rings is 2. The van der Waals surface area contributed by atoms with Gasteiger partial charge in [0.25, 0.3) is 0 Å². The number of para-hydroxylation sites is 1. The number of allylic oxidation sites excluding steroid dienone is 1. The van der Waals surface area contributed by atoms with Crippen LogP contribution in [0.2, 0.25) is 10.0 Å². The van der Waals surface area contributed by atoms with Crippen molar-refractivity contribution in [1.82, 2.24) is 5.48 Å². The SMILES string of the molecule is ClC(Cl)=CCOc1cc(Cl)c(OCCCC=CNOc2ccccc2)c(Cl)c1. The number of ether oxygens (including phenoxy) is 2. The summed E-state index contributed by atoms with van der Waals surface area (Å²) in [7, 11) is 0. The molecule has 0 amide bonds. The molecule has 0 radical (unpaired) electrons. The number of hydrogen-bond donors (Lipinski definition) is 1. The van der Waals surface area contributed by atoms with Crippen LogP contribution in [-0.4, -0.2) is 13.2 Å². The van der Waals surface area contributed by atoms with Gasteiger partial charge in [-0.2, -0.15) is 0 Å². The van der Waals surface area contributed by atoms with E-state index >= 15 is 0 Å². The van der Waals surface area contributed by atoms with E-state index in [1.54, 1.807) is 18.3 Å². The summed E-state index contributed by atoms with van der Waals surface area (Å²) in [5.74, 6) is 1.67. The van der Waals surface area contributed by atoms with E-state index in [9.17, 15) is 0 Å². The minimum absolute atomic E-state index is 0.132. The number of nitrogens with one attached hydrogen (secondary N) is 1. The van der Waals surface area contributed by atoms with Gasteiger partial charge in [-0.15, -0.1) is 0 Å². The minimum Gasteiger partial charge on any atom is -0.490 e. The van der Waals surface area contributed by atoms with Crippen LogP contribution < -0.4 is 19.8 Å². The highest BCUT2D eigenvalue weighted by atomic mass is 35.5. The second-order valence-electron chi connectivity index (χ2n) is 5.45. The van der Waals surface area contributed by atoms with E-state index in [0.717, 1.165) is 18.6 Å². The fourth-order valence-electron chi connectivity index (χ4n) is 2.06. The zero-order valence-corrected chi connectivity index (χ0v) is 17.9. The first-order valence-electron chi connectivity index (χ1n) is 8.44. The predicted octanol–water partition coefficient (Wildman–Crippen LogP) is 6.95. The molecular weight excluding hydrogens is 444 g/mol. The molecule has 2 aromatic rings. The van der Waals surface area contributed by atoms with Crippen LogP contribution in [-0.2, 0) is 0 Å². The maximum absolute atomic E-state index is 6.22. The smallest absolute Gasteiger partial charge is 0.156 e. The third-order valence-electron chi connectivity index (χ3n) is 3.33. The van der Waals surface area contributed by atoms with Gasteiger partial charge in [0.05, 0.1) is 16.7 Å². The Kier molecular flexibility index (Phi) is 10.2. The van der Waals surface area contributed by atoms with E-state index in [2.05, 4.69) is 5.48 Å². The number of halogens is 4. The highest BCUT2D eigenvalue weighted by Gasteiger charge is 2.10. The lowest BCUT2D eigenvalue weighted by atomic mass is 10.3. The minimum atomic E-state index is 0.132. The molecule has 4 nitrogen and oxygen atoms in total. The Hall–Kier alpha value is -1.72. The third-order valence-corrected chi connectivity index (χ3v) is 4.20. The Morgan fingerprint density at radius 3 is 2.36 bits per heavy atom. The molecule has 0 fully saturated rings. The summed E-state index contributed by atoms with van der Waals surface area (Å²) in [6, 6.07) is 12.7. The standard InChI is InChI=1S/C20H19Cl4NO3/c21-17-13-16(26-12-9-19(23)24)14-18(22)20(17)27-11-6-2-5-10-25-28-15-7-3-1-4-8-15/h1,3-5,7-10,13-14,25H,2,6,11-12H2. The topological polar surface area (TPSA) is 39.7 Å². The van der Waals surface area contributed by atoms with Crippen LogP contribution in [0.25, 0.3) is 0 Å². The van der Waals surface area contributed by atoms with Gasteiger partial charge in [-0.1, -0.05) is 70.7 Å². The first kappa shape index (κ1) is 22.6.